The predicted molar refractivity (Wildman–Crippen MR) is 152 cm³/mol. The van der Waals surface area contributed by atoms with Gasteiger partial charge in [-0.1, -0.05) is 12.1 Å². The predicted octanol–water partition coefficient (Wildman–Crippen LogP) is 4.12. The topological polar surface area (TPSA) is 133 Å². The number of fused-ring (bicyclic) bond motifs is 1. The lowest BCUT2D eigenvalue weighted by Crippen LogP contribution is -2.35. The Morgan fingerprint density at radius 1 is 1.05 bits per heavy atom. The summed E-state index contributed by atoms with van der Waals surface area (Å²) in [4.78, 5) is 34.8. The lowest BCUT2D eigenvalue weighted by Gasteiger charge is -2.32. The molecule has 2 aromatic heterocycles. The molecule has 218 valence electrons. The number of carbonyl (C=O) groups is 2. The number of aromatic nitrogens is 3. The maximum absolute atomic E-state index is 14.3. The van der Waals surface area contributed by atoms with Crippen molar-refractivity contribution in [1.29, 1.82) is 0 Å². The molecule has 0 unspecified atom stereocenters. The fourth-order valence-electron chi connectivity index (χ4n) is 5.56. The molecule has 2 aliphatic rings. The Morgan fingerprint density at radius 3 is 2.52 bits per heavy atom. The van der Waals surface area contributed by atoms with E-state index in [-0.39, 0.29) is 29.8 Å². The summed E-state index contributed by atoms with van der Waals surface area (Å²) in [5, 5.41) is 9.49. The second-order valence-corrected chi connectivity index (χ2v) is 10.8. The van der Waals surface area contributed by atoms with Crippen LogP contribution in [0.25, 0.3) is 11.0 Å². The maximum atomic E-state index is 14.3. The van der Waals surface area contributed by atoms with Gasteiger partial charge in [0, 0.05) is 35.4 Å². The molecule has 2 saturated heterocycles. The lowest BCUT2D eigenvalue weighted by molar-refractivity contribution is -0.0592. The maximum Gasteiger partial charge on any atom is 0.335 e. The van der Waals surface area contributed by atoms with Crippen molar-refractivity contribution in [3.63, 3.8) is 0 Å². The van der Waals surface area contributed by atoms with Crippen LogP contribution in [0.1, 0.15) is 63.0 Å². The van der Waals surface area contributed by atoms with Gasteiger partial charge in [-0.05, 0) is 68.8 Å². The van der Waals surface area contributed by atoms with Crippen molar-refractivity contribution in [2.45, 2.75) is 51.0 Å². The molecule has 6 rings (SSSR count). The third-order valence-corrected chi connectivity index (χ3v) is 8.08. The Hall–Kier alpha value is -4.35. The van der Waals surface area contributed by atoms with E-state index in [9.17, 15) is 19.1 Å². The smallest absolute Gasteiger partial charge is 0.335 e. The molecule has 2 aliphatic heterocycles. The van der Waals surface area contributed by atoms with E-state index in [1.54, 1.807) is 24.3 Å². The fraction of sp³-hybridized carbons (Fsp3) is 0.355. The zero-order valence-electron chi connectivity index (χ0n) is 23.0. The van der Waals surface area contributed by atoms with Crippen molar-refractivity contribution in [2.24, 2.45) is 5.73 Å². The number of carboxylic acids is 1. The van der Waals surface area contributed by atoms with Gasteiger partial charge in [-0.25, -0.2) is 19.2 Å². The quantitative estimate of drug-likeness (QED) is 0.290. The van der Waals surface area contributed by atoms with Crippen molar-refractivity contribution in [2.75, 3.05) is 19.7 Å². The van der Waals surface area contributed by atoms with E-state index in [4.69, 9.17) is 25.2 Å². The summed E-state index contributed by atoms with van der Waals surface area (Å²) in [5.41, 5.74) is 8.43. The van der Waals surface area contributed by atoms with Gasteiger partial charge in [0.05, 0.1) is 35.8 Å². The molecule has 4 heterocycles. The fourth-order valence-corrected chi connectivity index (χ4v) is 5.56. The van der Waals surface area contributed by atoms with Crippen molar-refractivity contribution >= 4 is 22.9 Å². The molecule has 11 heteroatoms. The van der Waals surface area contributed by atoms with Gasteiger partial charge in [0.15, 0.2) is 0 Å². The van der Waals surface area contributed by atoms with E-state index < -0.39 is 17.7 Å². The van der Waals surface area contributed by atoms with Crippen LogP contribution in [0, 0.1) is 5.82 Å². The van der Waals surface area contributed by atoms with Crippen LogP contribution in [-0.2, 0) is 24.4 Å². The zero-order chi connectivity index (χ0) is 29.2. The second-order valence-electron chi connectivity index (χ2n) is 10.8. The average molecular weight is 574 g/mol. The Kier molecular flexibility index (Phi) is 7.86. The number of likely N-dealkylation sites (tertiary alicyclic amines) is 1. The van der Waals surface area contributed by atoms with Gasteiger partial charge in [0.25, 0.3) is 0 Å². The number of ether oxygens (including phenoxy) is 2. The number of aromatic carboxylic acids is 1. The third kappa shape index (κ3) is 5.97. The van der Waals surface area contributed by atoms with Gasteiger partial charge in [-0.3, -0.25) is 9.69 Å². The average Bonchev–Trinajstić information content (AvgIpc) is 3.30. The molecule has 1 atom stereocenters. The molecular weight excluding hydrogens is 541 g/mol. The van der Waals surface area contributed by atoms with Crippen LogP contribution in [0.4, 0.5) is 4.39 Å². The van der Waals surface area contributed by atoms with Crippen LogP contribution < -0.4 is 10.5 Å². The van der Waals surface area contributed by atoms with Crippen molar-refractivity contribution in [1.82, 2.24) is 19.4 Å². The molecule has 1 amide bonds. The third-order valence-electron chi connectivity index (χ3n) is 8.08. The highest BCUT2D eigenvalue weighted by atomic mass is 19.1. The molecule has 0 saturated carbocycles. The highest BCUT2D eigenvalue weighted by Crippen LogP contribution is 2.30. The standard InChI is InChI=1S/C31H32FN5O5/c32-24-14-20(30(33)38)4-5-22(24)18-42-29-3-1-2-25(35-29)19-8-11-36(12-9-19)17-28-34-26-7-6-21(31(39)40)15-27(26)37(28)16-23-10-13-41-23/h1-7,14-15,19,23H,8-13,16-18H2,(H2,33,38)(H,39,40)/t23-/m0/s1. The minimum atomic E-state index is -0.956. The molecule has 2 fully saturated rings. The van der Waals surface area contributed by atoms with E-state index in [2.05, 4.69) is 9.47 Å². The highest BCUT2D eigenvalue weighted by Gasteiger charge is 2.26. The first-order valence-electron chi connectivity index (χ1n) is 14.1. The van der Waals surface area contributed by atoms with Gasteiger partial charge in [-0.2, -0.15) is 0 Å². The molecule has 2 aromatic carbocycles. The molecule has 0 bridgehead atoms. The molecule has 10 nitrogen and oxygen atoms in total. The van der Waals surface area contributed by atoms with Gasteiger partial charge >= 0.3 is 5.97 Å². The Labute approximate surface area is 241 Å². The molecule has 4 aromatic rings. The van der Waals surface area contributed by atoms with E-state index in [0.717, 1.165) is 67.6 Å². The first-order chi connectivity index (χ1) is 20.3. The van der Waals surface area contributed by atoms with Gasteiger partial charge in [0.2, 0.25) is 11.8 Å². The second kappa shape index (κ2) is 11.9. The van der Waals surface area contributed by atoms with E-state index in [1.165, 1.54) is 12.1 Å². The Bertz CT molecular complexity index is 1630. The number of halogens is 1. The number of amides is 1. The van der Waals surface area contributed by atoms with E-state index >= 15 is 0 Å². The number of imidazole rings is 1. The van der Waals surface area contributed by atoms with Gasteiger partial charge < -0.3 is 24.9 Å². The first-order valence-corrected chi connectivity index (χ1v) is 14.1. The van der Waals surface area contributed by atoms with Crippen molar-refractivity contribution < 1.29 is 28.6 Å². The van der Waals surface area contributed by atoms with E-state index in [0.29, 0.717) is 24.5 Å². The normalized spacial score (nSPS) is 17.7. The molecule has 3 N–H and O–H groups in total. The largest absolute Gasteiger partial charge is 0.478 e. The summed E-state index contributed by atoms with van der Waals surface area (Å²) in [6, 6.07) is 14.8. The summed E-state index contributed by atoms with van der Waals surface area (Å²) in [7, 11) is 0. The minimum absolute atomic E-state index is 0.0133. The number of nitrogens with two attached hydrogens (primary N) is 1. The number of pyridine rings is 1. The lowest BCUT2D eigenvalue weighted by atomic mass is 9.93. The summed E-state index contributed by atoms with van der Waals surface area (Å²) in [6.07, 6.45) is 2.92. The van der Waals surface area contributed by atoms with Crippen LogP contribution in [-0.4, -0.2) is 62.2 Å². The number of piperidine rings is 1. The summed E-state index contributed by atoms with van der Waals surface area (Å²) in [6.45, 7) is 3.77. The number of carboxylic acid groups (broad SMARTS) is 1. The number of carbonyl (C=O) groups excluding carboxylic acids is 1. The molecule has 0 radical (unpaired) electrons. The minimum Gasteiger partial charge on any atom is -0.478 e. The number of rotatable bonds is 10. The highest BCUT2D eigenvalue weighted by molar-refractivity contribution is 5.93. The van der Waals surface area contributed by atoms with Crippen molar-refractivity contribution in [3.05, 3.63) is 88.6 Å². The van der Waals surface area contributed by atoms with Crippen LogP contribution in [0.2, 0.25) is 0 Å². The summed E-state index contributed by atoms with van der Waals surface area (Å²) in [5.74, 6) is -0.602. The number of primary amides is 1. The first kappa shape index (κ1) is 27.8. The monoisotopic (exact) mass is 573 g/mol. The Morgan fingerprint density at radius 2 is 1.83 bits per heavy atom. The van der Waals surface area contributed by atoms with Crippen LogP contribution >= 0.6 is 0 Å². The number of hydrogen-bond donors (Lipinski definition) is 2. The van der Waals surface area contributed by atoms with Crippen LogP contribution in [0.3, 0.4) is 0 Å². The van der Waals surface area contributed by atoms with Crippen LogP contribution in [0.5, 0.6) is 5.88 Å². The van der Waals surface area contributed by atoms with Crippen LogP contribution in [0.15, 0.2) is 54.6 Å². The van der Waals surface area contributed by atoms with Gasteiger partial charge in [-0.15, -0.1) is 0 Å². The molecule has 42 heavy (non-hydrogen) atoms. The number of nitrogens with zero attached hydrogens (tertiary/aromatic N) is 4. The molecular formula is C31H32FN5O5. The van der Waals surface area contributed by atoms with Crippen molar-refractivity contribution in [3.8, 4) is 5.88 Å². The Balaban J connectivity index is 1.09. The number of hydrogen-bond acceptors (Lipinski definition) is 7. The number of benzene rings is 2. The van der Waals surface area contributed by atoms with Gasteiger partial charge in [0.1, 0.15) is 18.2 Å². The zero-order valence-corrected chi connectivity index (χ0v) is 23.0. The SMILES string of the molecule is NC(=O)c1ccc(COc2cccc(C3CCN(Cc4nc5ccc(C(=O)O)cc5n4C[C@@H]4CCO4)CC3)n2)c(F)c1. The summed E-state index contributed by atoms with van der Waals surface area (Å²) < 4.78 is 27.9. The van der Waals surface area contributed by atoms with E-state index in [1.807, 2.05) is 12.1 Å². The molecule has 0 aliphatic carbocycles. The summed E-state index contributed by atoms with van der Waals surface area (Å²) >= 11 is 0. The molecule has 0 spiro atoms.